The molecule has 0 radical (unpaired) electrons. The molecule has 0 N–H and O–H groups in total. The van der Waals surface area contributed by atoms with E-state index in [0.717, 1.165) is 15.2 Å². The minimum absolute atomic E-state index is 0.254. The van der Waals surface area contributed by atoms with E-state index >= 15 is 0 Å². The van der Waals surface area contributed by atoms with Gasteiger partial charge in [-0.05, 0) is 24.3 Å². The van der Waals surface area contributed by atoms with Gasteiger partial charge in [0, 0.05) is 12.6 Å². The molecule has 0 saturated carbocycles. The number of pyridine rings is 1. The smallest absolute Gasteiger partial charge is 0.126 e. The average molecular weight is 244 g/mol. The van der Waals surface area contributed by atoms with Crippen LogP contribution in [0, 0.1) is 5.82 Å². The summed E-state index contributed by atoms with van der Waals surface area (Å²) in [7, 11) is 0. The molecule has 4 heteroatoms. The van der Waals surface area contributed by atoms with Crippen LogP contribution in [0.4, 0.5) is 4.39 Å². The molecule has 0 bridgehead atoms. The molecule has 0 saturated heterocycles. The van der Waals surface area contributed by atoms with Crippen LogP contribution < -0.4 is 0 Å². The number of hydrogen-bond acceptors (Lipinski definition) is 3. The van der Waals surface area contributed by atoms with Gasteiger partial charge in [0.15, 0.2) is 0 Å². The Morgan fingerprint density at radius 1 is 1.18 bits per heavy atom. The van der Waals surface area contributed by atoms with Crippen LogP contribution in [0.1, 0.15) is 10.7 Å². The highest BCUT2D eigenvalue weighted by atomic mass is 32.1. The second-order valence-corrected chi connectivity index (χ2v) is 4.83. The van der Waals surface area contributed by atoms with Crippen LogP contribution in [0.5, 0.6) is 0 Å². The molecule has 17 heavy (non-hydrogen) atoms. The van der Waals surface area contributed by atoms with Gasteiger partial charge in [-0.2, -0.15) is 0 Å². The predicted octanol–water partition coefficient (Wildman–Crippen LogP) is 3.42. The zero-order valence-corrected chi connectivity index (χ0v) is 9.75. The summed E-state index contributed by atoms with van der Waals surface area (Å²) < 4.78 is 14.2. The SMILES string of the molecule is Fc1ccnc(Cc2nc3ccccc3s2)c1. The van der Waals surface area contributed by atoms with Crippen LogP contribution in [-0.4, -0.2) is 9.97 Å². The van der Waals surface area contributed by atoms with E-state index < -0.39 is 0 Å². The van der Waals surface area contributed by atoms with Crippen LogP contribution >= 0.6 is 11.3 Å². The molecule has 2 heterocycles. The van der Waals surface area contributed by atoms with Crippen molar-refractivity contribution in [2.45, 2.75) is 6.42 Å². The van der Waals surface area contributed by atoms with Gasteiger partial charge in [0.25, 0.3) is 0 Å². The monoisotopic (exact) mass is 244 g/mol. The first-order valence-electron chi connectivity index (χ1n) is 5.26. The van der Waals surface area contributed by atoms with Crippen LogP contribution in [0.3, 0.4) is 0 Å². The summed E-state index contributed by atoms with van der Waals surface area (Å²) in [5.41, 5.74) is 1.70. The van der Waals surface area contributed by atoms with Gasteiger partial charge in [0.1, 0.15) is 5.82 Å². The summed E-state index contributed by atoms with van der Waals surface area (Å²) in [5.74, 6) is -0.254. The lowest BCUT2D eigenvalue weighted by Gasteiger charge is -1.96. The summed E-state index contributed by atoms with van der Waals surface area (Å²) in [6, 6.07) is 10.8. The zero-order chi connectivity index (χ0) is 11.7. The lowest BCUT2D eigenvalue weighted by atomic mass is 10.3. The van der Waals surface area contributed by atoms with E-state index in [4.69, 9.17) is 0 Å². The third-order valence-corrected chi connectivity index (χ3v) is 3.49. The highest BCUT2D eigenvalue weighted by molar-refractivity contribution is 7.18. The second-order valence-electron chi connectivity index (χ2n) is 3.72. The van der Waals surface area contributed by atoms with E-state index in [1.807, 2.05) is 24.3 Å². The highest BCUT2D eigenvalue weighted by Crippen LogP contribution is 2.23. The van der Waals surface area contributed by atoms with E-state index in [1.54, 1.807) is 11.3 Å². The Kier molecular flexibility index (Phi) is 2.57. The fourth-order valence-corrected chi connectivity index (χ4v) is 2.68. The van der Waals surface area contributed by atoms with Crippen LogP contribution in [-0.2, 0) is 6.42 Å². The van der Waals surface area contributed by atoms with Gasteiger partial charge in [-0.15, -0.1) is 11.3 Å². The Balaban J connectivity index is 1.94. The molecular formula is C13H9FN2S. The lowest BCUT2D eigenvalue weighted by molar-refractivity contribution is 0.622. The Morgan fingerprint density at radius 3 is 2.88 bits per heavy atom. The molecule has 0 fully saturated rings. The molecule has 0 unspecified atom stereocenters. The fraction of sp³-hybridized carbons (Fsp3) is 0.0769. The van der Waals surface area contributed by atoms with Crippen molar-refractivity contribution in [1.82, 2.24) is 9.97 Å². The van der Waals surface area contributed by atoms with E-state index in [1.165, 1.54) is 18.3 Å². The van der Waals surface area contributed by atoms with Gasteiger partial charge in [0.2, 0.25) is 0 Å². The number of halogens is 1. The fourth-order valence-electron chi connectivity index (χ4n) is 1.70. The van der Waals surface area contributed by atoms with Crippen molar-refractivity contribution in [3.63, 3.8) is 0 Å². The minimum atomic E-state index is -0.254. The van der Waals surface area contributed by atoms with Crippen LogP contribution in [0.25, 0.3) is 10.2 Å². The number of rotatable bonds is 2. The Morgan fingerprint density at radius 2 is 2.06 bits per heavy atom. The average Bonchev–Trinajstić information content (AvgIpc) is 2.71. The molecule has 0 amide bonds. The van der Waals surface area contributed by atoms with Crippen molar-refractivity contribution in [3.05, 3.63) is 59.1 Å². The van der Waals surface area contributed by atoms with E-state index in [9.17, 15) is 4.39 Å². The molecular weight excluding hydrogens is 235 g/mol. The topological polar surface area (TPSA) is 25.8 Å². The number of thiazole rings is 1. The zero-order valence-electron chi connectivity index (χ0n) is 8.93. The molecule has 3 rings (SSSR count). The summed E-state index contributed by atoms with van der Waals surface area (Å²) >= 11 is 1.62. The van der Waals surface area contributed by atoms with Crippen molar-refractivity contribution in [3.8, 4) is 0 Å². The first kappa shape index (κ1) is 10.4. The summed E-state index contributed by atoms with van der Waals surface area (Å²) in [6.45, 7) is 0. The van der Waals surface area contributed by atoms with E-state index in [0.29, 0.717) is 12.1 Å². The Hall–Kier alpha value is -1.81. The molecule has 3 aromatic rings. The molecule has 0 aliphatic heterocycles. The molecule has 0 atom stereocenters. The largest absolute Gasteiger partial charge is 0.261 e. The normalized spacial score (nSPS) is 10.9. The number of hydrogen-bond donors (Lipinski definition) is 0. The quantitative estimate of drug-likeness (QED) is 0.690. The minimum Gasteiger partial charge on any atom is -0.261 e. The summed E-state index contributed by atoms with van der Waals surface area (Å²) in [6.07, 6.45) is 2.06. The van der Waals surface area contributed by atoms with Crippen LogP contribution in [0.15, 0.2) is 42.6 Å². The molecule has 2 nitrogen and oxygen atoms in total. The van der Waals surface area contributed by atoms with Crippen molar-refractivity contribution in [2.24, 2.45) is 0 Å². The van der Waals surface area contributed by atoms with Gasteiger partial charge in [-0.3, -0.25) is 4.98 Å². The molecule has 84 valence electrons. The van der Waals surface area contributed by atoms with Gasteiger partial charge in [-0.1, -0.05) is 12.1 Å². The first-order valence-corrected chi connectivity index (χ1v) is 6.08. The summed E-state index contributed by atoms with van der Waals surface area (Å²) in [5, 5.41) is 0.962. The number of aromatic nitrogens is 2. The number of fused-ring (bicyclic) bond motifs is 1. The first-order chi connectivity index (χ1) is 8.31. The van der Waals surface area contributed by atoms with Crippen molar-refractivity contribution in [1.29, 1.82) is 0 Å². The number of benzene rings is 1. The summed E-state index contributed by atoms with van der Waals surface area (Å²) in [4.78, 5) is 8.63. The molecule has 2 aromatic heterocycles. The van der Waals surface area contributed by atoms with Crippen molar-refractivity contribution < 1.29 is 4.39 Å². The third kappa shape index (κ3) is 2.17. The Bertz CT molecular complexity index is 630. The maximum atomic E-state index is 13.0. The van der Waals surface area contributed by atoms with Gasteiger partial charge in [0.05, 0.1) is 20.9 Å². The molecule has 0 aliphatic rings. The maximum absolute atomic E-state index is 13.0. The number of nitrogens with zero attached hydrogens (tertiary/aromatic N) is 2. The second kappa shape index (κ2) is 4.22. The third-order valence-electron chi connectivity index (χ3n) is 2.45. The Labute approximate surface area is 102 Å². The number of para-hydroxylation sites is 1. The molecule has 0 aliphatic carbocycles. The lowest BCUT2D eigenvalue weighted by Crippen LogP contribution is -1.91. The predicted molar refractivity (Wildman–Crippen MR) is 66.6 cm³/mol. The standard InChI is InChI=1S/C13H9FN2S/c14-9-5-6-15-10(7-9)8-13-16-11-3-1-2-4-12(11)17-13/h1-7H,8H2. The van der Waals surface area contributed by atoms with Crippen molar-refractivity contribution in [2.75, 3.05) is 0 Å². The van der Waals surface area contributed by atoms with Gasteiger partial charge < -0.3 is 0 Å². The molecule has 0 spiro atoms. The van der Waals surface area contributed by atoms with E-state index in [2.05, 4.69) is 9.97 Å². The maximum Gasteiger partial charge on any atom is 0.126 e. The van der Waals surface area contributed by atoms with E-state index in [-0.39, 0.29) is 5.82 Å². The van der Waals surface area contributed by atoms with Crippen molar-refractivity contribution >= 4 is 21.6 Å². The van der Waals surface area contributed by atoms with Crippen LogP contribution in [0.2, 0.25) is 0 Å². The van der Waals surface area contributed by atoms with Gasteiger partial charge >= 0.3 is 0 Å². The van der Waals surface area contributed by atoms with Gasteiger partial charge in [-0.25, -0.2) is 9.37 Å². The molecule has 1 aromatic carbocycles. The highest BCUT2D eigenvalue weighted by Gasteiger charge is 2.05.